The minimum atomic E-state index is 0.559. The summed E-state index contributed by atoms with van der Waals surface area (Å²) in [5.41, 5.74) is 2.22. The van der Waals surface area contributed by atoms with Gasteiger partial charge >= 0.3 is 0 Å². The highest BCUT2D eigenvalue weighted by Crippen LogP contribution is 2.28. The fourth-order valence-corrected chi connectivity index (χ4v) is 3.10. The van der Waals surface area contributed by atoms with Gasteiger partial charge in [0.2, 0.25) is 0 Å². The first-order valence-electron chi connectivity index (χ1n) is 7.93. The molecule has 1 saturated heterocycles. The van der Waals surface area contributed by atoms with Crippen molar-refractivity contribution in [1.82, 2.24) is 15.5 Å². The number of benzene rings is 1. The quantitative estimate of drug-likeness (QED) is 0.937. The molecule has 1 unspecified atom stereocenters. The Labute approximate surface area is 126 Å². The molecule has 1 aliphatic rings. The van der Waals surface area contributed by atoms with Gasteiger partial charge in [-0.25, -0.2) is 0 Å². The molecule has 1 aliphatic heterocycles. The van der Waals surface area contributed by atoms with E-state index < -0.39 is 0 Å². The Kier molecular flexibility index (Phi) is 4.34. The van der Waals surface area contributed by atoms with Gasteiger partial charge in [0.1, 0.15) is 0 Å². The lowest BCUT2D eigenvalue weighted by atomic mass is 9.97. The normalized spacial score (nSPS) is 19.4. The number of nitrogens with one attached hydrogen (secondary N) is 1. The molecule has 21 heavy (non-hydrogen) atoms. The average molecular weight is 284 g/mol. The van der Waals surface area contributed by atoms with E-state index in [1.165, 1.54) is 23.9 Å². The average Bonchev–Trinajstić information content (AvgIpc) is 2.52. The van der Waals surface area contributed by atoms with Crippen LogP contribution in [-0.2, 0) is 0 Å². The van der Waals surface area contributed by atoms with Crippen LogP contribution in [0.4, 0.5) is 5.69 Å². The third-order valence-corrected chi connectivity index (χ3v) is 4.20. The van der Waals surface area contributed by atoms with Crippen LogP contribution in [0.1, 0.15) is 26.7 Å². The summed E-state index contributed by atoms with van der Waals surface area (Å²) in [6.45, 7) is 7.75. The van der Waals surface area contributed by atoms with Crippen molar-refractivity contribution in [3.63, 3.8) is 0 Å². The molecule has 4 nitrogen and oxygen atoms in total. The van der Waals surface area contributed by atoms with Crippen molar-refractivity contribution in [3.05, 3.63) is 30.5 Å². The standard InChI is InChI=1S/C17H24N4/c1-13(2)18-10-14-6-5-9-21(12-14)17-11-19-20-16-8-4-3-7-15(16)17/h3-4,7-8,11,13-14,18H,5-6,9-10,12H2,1-2H3. The van der Waals surface area contributed by atoms with E-state index >= 15 is 0 Å². The lowest BCUT2D eigenvalue weighted by molar-refractivity contribution is 0.379. The summed E-state index contributed by atoms with van der Waals surface area (Å²) in [5, 5.41) is 13.2. The molecule has 2 heterocycles. The Morgan fingerprint density at radius 3 is 3.05 bits per heavy atom. The van der Waals surface area contributed by atoms with Gasteiger partial charge in [-0.2, -0.15) is 10.2 Å². The number of nitrogens with zero attached hydrogens (tertiary/aromatic N) is 3. The van der Waals surface area contributed by atoms with Gasteiger partial charge in [0.25, 0.3) is 0 Å². The van der Waals surface area contributed by atoms with Gasteiger partial charge in [-0.1, -0.05) is 32.0 Å². The number of hydrogen-bond acceptors (Lipinski definition) is 4. The van der Waals surface area contributed by atoms with Crippen LogP contribution in [-0.4, -0.2) is 35.9 Å². The molecule has 2 aromatic rings. The zero-order valence-corrected chi connectivity index (χ0v) is 12.9. The maximum Gasteiger partial charge on any atom is 0.0950 e. The minimum absolute atomic E-state index is 0.559. The first-order valence-corrected chi connectivity index (χ1v) is 7.93. The van der Waals surface area contributed by atoms with Crippen molar-refractivity contribution in [1.29, 1.82) is 0 Å². The second-order valence-electron chi connectivity index (χ2n) is 6.26. The van der Waals surface area contributed by atoms with Gasteiger partial charge in [0, 0.05) is 24.5 Å². The molecule has 1 atom stereocenters. The van der Waals surface area contributed by atoms with E-state index in [0.29, 0.717) is 12.0 Å². The third kappa shape index (κ3) is 3.32. The highest BCUT2D eigenvalue weighted by molar-refractivity contribution is 5.90. The molecule has 1 aromatic heterocycles. The summed E-state index contributed by atoms with van der Waals surface area (Å²) in [4.78, 5) is 2.48. The Bertz CT molecular complexity index is 591. The lowest BCUT2D eigenvalue weighted by Crippen LogP contribution is -2.41. The predicted octanol–water partition coefficient (Wildman–Crippen LogP) is 2.84. The molecular formula is C17H24N4. The third-order valence-electron chi connectivity index (χ3n) is 4.20. The van der Waals surface area contributed by atoms with E-state index in [1.54, 1.807) is 0 Å². The zero-order chi connectivity index (χ0) is 14.7. The number of aromatic nitrogens is 2. The van der Waals surface area contributed by atoms with Crippen molar-refractivity contribution < 1.29 is 0 Å². The molecule has 0 amide bonds. The fraction of sp³-hybridized carbons (Fsp3) is 0.529. The van der Waals surface area contributed by atoms with E-state index in [-0.39, 0.29) is 0 Å². The van der Waals surface area contributed by atoms with E-state index in [2.05, 4.69) is 46.4 Å². The molecule has 1 N–H and O–H groups in total. The fourth-order valence-electron chi connectivity index (χ4n) is 3.10. The van der Waals surface area contributed by atoms with Gasteiger partial charge in [-0.05, 0) is 31.4 Å². The van der Waals surface area contributed by atoms with E-state index in [0.717, 1.165) is 25.2 Å². The summed E-state index contributed by atoms with van der Waals surface area (Å²) in [6, 6.07) is 8.84. The molecule has 0 spiro atoms. The van der Waals surface area contributed by atoms with Crippen LogP contribution >= 0.6 is 0 Å². The molecule has 0 radical (unpaired) electrons. The van der Waals surface area contributed by atoms with Gasteiger partial charge in [0.05, 0.1) is 17.4 Å². The molecule has 0 bridgehead atoms. The van der Waals surface area contributed by atoms with Crippen LogP contribution in [0.25, 0.3) is 10.9 Å². The van der Waals surface area contributed by atoms with Gasteiger partial charge in [-0.3, -0.25) is 0 Å². The minimum Gasteiger partial charge on any atom is -0.369 e. The summed E-state index contributed by atoms with van der Waals surface area (Å²) < 4.78 is 0. The van der Waals surface area contributed by atoms with Gasteiger partial charge in [-0.15, -0.1) is 0 Å². The molecular weight excluding hydrogens is 260 g/mol. The molecule has 3 rings (SSSR count). The highest BCUT2D eigenvalue weighted by Gasteiger charge is 2.21. The van der Waals surface area contributed by atoms with Crippen molar-refractivity contribution >= 4 is 16.6 Å². The van der Waals surface area contributed by atoms with Crippen LogP contribution in [0.15, 0.2) is 30.5 Å². The Morgan fingerprint density at radius 2 is 2.19 bits per heavy atom. The maximum atomic E-state index is 4.23. The van der Waals surface area contributed by atoms with Crippen LogP contribution in [0.2, 0.25) is 0 Å². The van der Waals surface area contributed by atoms with E-state index in [4.69, 9.17) is 0 Å². The van der Waals surface area contributed by atoms with Crippen LogP contribution in [0.5, 0.6) is 0 Å². The first-order chi connectivity index (χ1) is 10.2. The largest absolute Gasteiger partial charge is 0.369 e. The first kappa shape index (κ1) is 14.3. The highest BCUT2D eigenvalue weighted by atomic mass is 15.2. The summed E-state index contributed by atoms with van der Waals surface area (Å²) in [5.74, 6) is 0.716. The number of rotatable bonds is 4. The van der Waals surface area contributed by atoms with Crippen LogP contribution in [0.3, 0.4) is 0 Å². The van der Waals surface area contributed by atoms with E-state index in [1.807, 2.05) is 18.3 Å². The molecule has 1 aromatic carbocycles. The van der Waals surface area contributed by atoms with Crippen molar-refractivity contribution in [2.75, 3.05) is 24.5 Å². The SMILES string of the molecule is CC(C)NCC1CCCN(c2cnnc3ccccc23)C1. The molecule has 4 heteroatoms. The number of fused-ring (bicyclic) bond motifs is 1. The zero-order valence-electron chi connectivity index (χ0n) is 12.9. The Morgan fingerprint density at radius 1 is 1.33 bits per heavy atom. The maximum absolute atomic E-state index is 4.23. The second kappa shape index (κ2) is 6.39. The summed E-state index contributed by atoms with van der Waals surface area (Å²) >= 11 is 0. The summed E-state index contributed by atoms with van der Waals surface area (Å²) in [7, 11) is 0. The monoisotopic (exact) mass is 284 g/mol. The van der Waals surface area contributed by atoms with Crippen molar-refractivity contribution in [3.8, 4) is 0 Å². The number of anilines is 1. The molecule has 0 aliphatic carbocycles. The molecule has 1 fully saturated rings. The predicted molar refractivity (Wildman–Crippen MR) is 87.6 cm³/mol. The lowest BCUT2D eigenvalue weighted by Gasteiger charge is -2.35. The smallest absolute Gasteiger partial charge is 0.0950 e. The molecule has 0 saturated carbocycles. The summed E-state index contributed by atoms with van der Waals surface area (Å²) in [6.07, 6.45) is 4.48. The Hall–Kier alpha value is -1.68. The molecule has 112 valence electrons. The number of hydrogen-bond donors (Lipinski definition) is 1. The van der Waals surface area contributed by atoms with Gasteiger partial charge in [0.15, 0.2) is 0 Å². The van der Waals surface area contributed by atoms with Crippen molar-refractivity contribution in [2.24, 2.45) is 5.92 Å². The van der Waals surface area contributed by atoms with Crippen LogP contribution in [0, 0.1) is 5.92 Å². The van der Waals surface area contributed by atoms with Crippen LogP contribution < -0.4 is 10.2 Å². The van der Waals surface area contributed by atoms with Crippen molar-refractivity contribution in [2.45, 2.75) is 32.7 Å². The number of piperidine rings is 1. The van der Waals surface area contributed by atoms with E-state index in [9.17, 15) is 0 Å². The second-order valence-corrected chi connectivity index (χ2v) is 6.26. The Balaban J connectivity index is 1.78. The topological polar surface area (TPSA) is 41.0 Å². The van der Waals surface area contributed by atoms with Gasteiger partial charge < -0.3 is 10.2 Å².